The maximum atomic E-state index is 12.6. The van der Waals surface area contributed by atoms with E-state index in [1.54, 1.807) is 0 Å². The smallest absolute Gasteiger partial charge is 0.156 e. The van der Waals surface area contributed by atoms with Gasteiger partial charge in [-0.15, -0.1) is 0 Å². The predicted octanol–water partition coefficient (Wildman–Crippen LogP) is 1.06. The van der Waals surface area contributed by atoms with E-state index in [0.29, 0.717) is 31.5 Å². The average molecular weight is 250 g/mol. The lowest BCUT2D eigenvalue weighted by atomic mass is 9.51. The summed E-state index contributed by atoms with van der Waals surface area (Å²) in [5.41, 5.74) is -1.14. The summed E-state index contributed by atoms with van der Waals surface area (Å²) in [5.74, 6) is 0.445. The van der Waals surface area contributed by atoms with Crippen molar-refractivity contribution in [2.24, 2.45) is 22.2 Å². The van der Waals surface area contributed by atoms with E-state index in [2.05, 4.69) is 13.8 Å². The maximum absolute atomic E-state index is 12.6. The second kappa shape index (κ2) is 2.73. The van der Waals surface area contributed by atoms with Gasteiger partial charge in [0.25, 0.3) is 0 Å². The van der Waals surface area contributed by atoms with Crippen LogP contribution in [0.25, 0.3) is 0 Å². The third kappa shape index (κ3) is 0.801. The van der Waals surface area contributed by atoms with E-state index < -0.39 is 11.7 Å². The van der Waals surface area contributed by atoms with Crippen molar-refractivity contribution < 1.29 is 19.4 Å². The molecule has 3 aliphatic carbocycles. The molecule has 1 heterocycles. The summed E-state index contributed by atoms with van der Waals surface area (Å²) in [6, 6.07) is 0. The molecule has 2 unspecified atom stereocenters. The molecule has 4 heteroatoms. The summed E-state index contributed by atoms with van der Waals surface area (Å²) in [7, 11) is 0. The Morgan fingerprint density at radius 1 is 1.28 bits per heavy atom. The molecule has 0 radical (unpaired) electrons. The number of carbonyl (C=O) groups excluding carboxylic acids is 2. The van der Waals surface area contributed by atoms with E-state index in [1.807, 2.05) is 0 Å². The minimum Gasteiger partial charge on any atom is -0.368 e. The Balaban J connectivity index is 1.99. The van der Waals surface area contributed by atoms with E-state index in [4.69, 9.17) is 4.74 Å². The highest BCUT2D eigenvalue weighted by Gasteiger charge is 2.81. The lowest BCUT2D eigenvalue weighted by Crippen LogP contribution is -2.53. The molecule has 4 rings (SSSR count). The van der Waals surface area contributed by atoms with Crippen LogP contribution in [0.5, 0.6) is 0 Å². The average Bonchev–Trinajstić information content (AvgIpc) is 2.69. The zero-order valence-corrected chi connectivity index (χ0v) is 10.7. The molecule has 4 fully saturated rings. The zero-order chi connectivity index (χ0) is 12.9. The van der Waals surface area contributed by atoms with Crippen molar-refractivity contribution in [1.29, 1.82) is 0 Å². The molecule has 6 atom stereocenters. The first kappa shape index (κ1) is 11.1. The molecule has 1 saturated heterocycles. The minimum atomic E-state index is -0.840. The van der Waals surface area contributed by atoms with Gasteiger partial charge in [-0.25, -0.2) is 0 Å². The summed E-state index contributed by atoms with van der Waals surface area (Å²) in [6.07, 6.45) is 0.861. The molecule has 1 spiro atoms. The minimum absolute atomic E-state index is 0.0580. The lowest BCUT2D eigenvalue weighted by Gasteiger charge is -2.51. The second-order valence-electron chi connectivity index (χ2n) is 7.04. The zero-order valence-electron chi connectivity index (χ0n) is 10.7. The van der Waals surface area contributed by atoms with Crippen LogP contribution in [-0.2, 0) is 14.3 Å². The Bertz CT molecular complexity index is 486. The number of ketones is 2. The van der Waals surface area contributed by atoms with E-state index in [9.17, 15) is 14.7 Å². The van der Waals surface area contributed by atoms with E-state index in [-0.39, 0.29) is 28.6 Å². The standard InChI is InChI=1S/C14H18O4/c1-12-5-9(16)14-6-11(17)18-10(14)3-7(12)8(15)4-13(12,14)2/h7,10-11,17H,3-6H2,1-2H3/t7-,10?,11+,12-,13+,14?/m0/s1. The number of carbonyl (C=O) groups is 2. The third-order valence-corrected chi connectivity index (χ3v) is 6.77. The van der Waals surface area contributed by atoms with Gasteiger partial charge in [-0.3, -0.25) is 9.59 Å². The number of hydrogen-bond acceptors (Lipinski definition) is 4. The molecule has 3 saturated carbocycles. The van der Waals surface area contributed by atoms with Crippen molar-refractivity contribution in [3.05, 3.63) is 0 Å². The number of Topliss-reactive ketones (excluding diaryl/α,β-unsaturated/α-hetero) is 2. The fourth-order valence-electron chi connectivity index (χ4n) is 5.70. The first-order valence-corrected chi connectivity index (χ1v) is 6.75. The highest BCUT2D eigenvalue weighted by Crippen LogP contribution is 2.77. The van der Waals surface area contributed by atoms with Gasteiger partial charge >= 0.3 is 0 Å². The molecule has 0 aromatic carbocycles. The monoisotopic (exact) mass is 250 g/mol. The van der Waals surface area contributed by atoms with E-state index >= 15 is 0 Å². The van der Waals surface area contributed by atoms with Gasteiger partial charge in [-0.05, 0) is 17.3 Å². The largest absolute Gasteiger partial charge is 0.368 e. The third-order valence-electron chi connectivity index (χ3n) is 6.77. The molecule has 18 heavy (non-hydrogen) atoms. The Morgan fingerprint density at radius 2 is 2.00 bits per heavy atom. The Kier molecular flexibility index (Phi) is 1.68. The van der Waals surface area contributed by atoms with Crippen LogP contribution in [0.1, 0.15) is 39.5 Å². The van der Waals surface area contributed by atoms with Gasteiger partial charge in [0.1, 0.15) is 11.6 Å². The summed E-state index contributed by atoms with van der Waals surface area (Å²) in [6.45, 7) is 4.17. The summed E-state index contributed by atoms with van der Waals surface area (Å²) >= 11 is 0. The molecule has 1 aliphatic heterocycles. The van der Waals surface area contributed by atoms with Crippen molar-refractivity contribution in [3.8, 4) is 0 Å². The number of aliphatic hydroxyl groups excluding tert-OH is 1. The van der Waals surface area contributed by atoms with Gasteiger partial charge in [0.2, 0.25) is 0 Å². The molecule has 4 aliphatic rings. The van der Waals surface area contributed by atoms with Gasteiger partial charge in [0.15, 0.2) is 6.29 Å². The van der Waals surface area contributed by atoms with Crippen molar-refractivity contribution in [3.63, 3.8) is 0 Å². The number of aliphatic hydroxyl groups is 1. The number of hydrogen-bond donors (Lipinski definition) is 1. The van der Waals surface area contributed by atoms with Crippen LogP contribution < -0.4 is 0 Å². The van der Waals surface area contributed by atoms with Crippen LogP contribution >= 0.6 is 0 Å². The van der Waals surface area contributed by atoms with Crippen LogP contribution in [-0.4, -0.2) is 29.1 Å². The highest BCUT2D eigenvalue weighted by atomic mass is 16.6. The molecule has 0 aromatic rings. The fourth-order valence-corrected chi connectivity index (χ4v) is 5.70. The normalized spacial score (nSPS) is 61.4. The van der Waals surface area contributed by atoms with Crippen molar-refractivity contribution >= 4 is 11.6 Å². The lowest BCUT2D eigenvalue weighted by molar-refractivity contribution is -0.148. The highest BCUT2D eigenvalue weighted by molar-refractivity contribution is 5.98. The quantitative estimate of drug-likeness (QED) is 0.698. The van der Waals surface area contributed by atoms with Crippen LogP contribution in [0.3, 0.4) is 0 Å². The predicted molar refractivity (Wildman–Crippen MR) is 61.5 cm³/mol. The van der Waals surface area contributed by atoms with Crippen LogP contribution in [0.2, 0.25) is 0 Å². The molecule has 98 valence electrons. The molecular weight excluding hydrogens is 232 g/mol. The Hall–Kier alpha value is -0.740. The van der Waals surface area contributed by atoms with Crippen LogP contribution in [0, 0.1) is 22.2 Å². The number of rotatable bonds is 0. The number of ether oxygens (including phenoxy) is 1. The molecule has 0 amide bonds. The van der Waals surface area contributed by atoms with Crippen molar-refractivity contribution in [2.75, 3.05) is 0 Å². The Labute approximate surface area is 106 Å². The second-order valence-corrected chi connectivity index (χ2v) is 7.04. The SMILES string of the molecule is C[C@]12CC(=O)C34C[C@H](O)OC3C[C@H]1C(=O)C[C@@]42C. The summed E-state index contributed by atoms with van der Waals surface area (Å²) in [4.78, 5) is 24.9. The molecule has 1 N–H and O–H groups in total. The van der Waals surface area contributed by atoms with Gasteiger partial charge in [0, 0.05) is 25.2 Å². The van der Waals surface area contributed by atoms with E-state index in [0.717, 1.165) is 0 Å². The maximum Gasteiger partial charge on any atom is 0.156 e. The molecule has 4 bridgehead atoms. The van der Waals surface area contributed by atoms with Crippen LogP contribution in [0.4, 0.5) is 0 Å². The molecule has 0 aromatic heterocycles. The summed E-state index contributed by atoms with van der Waals surface area (Å²) in [5, 5.41) is 9.83. The molecule has 4 nitrogen and oxygen atoms in total. The fraction of sp³-hybridized carbons (Fsp3) is 0.857. The molecular formula is C14H18O4. The first-order chi connectivity index (χ1) is 8.35. The van der Waals surface area contributed by atoms with Crippen molar-refractivity contribution in [2.45, 2.75) is 51.9 Å². The van der Waals surface area contributed by atoms with E-state index in [1.165, 1.54) is 0 Å². The van der Waals surface area contributed by atoms with Crippen molar-refractivity contribution in [1.82, 2.24) is 0 Å². The first-order valence-electron chi connectivity index (χ1n) is 6.75. The Morgan fingerprint density at radius 3 is 2.72 bits per heavy atom. The van der Waals surface area contributed by atoms with Gasteiger partial charge in [0.05, 0.1) is 11.5 Å². The topological polar surface area (TPSA) is 63.6 Å². The summed E-state index contributed by atoms with van der Waals surface area (Å²) < 4.78 is 5.58. The van der Waals surface area contributed by atoms with Crippen LogP contribution in [0.15, 0.2) is 0 Å². The van der Waals surface area contributed by atoms with Gasteiger partial charge in [-0.1, -0.05) is 13.8 Å². The van der Waals surface area contributed by atoms with Gasteiger partial charge < -0.3 is 9.84 Å². The van der Waals surface area contributed by atoms with Gasteiger partial charge in [-0.2, -0.15) is 0 Å².